The second-order valence-corrected chi connectivity index (χ2v) is 6.29. The minimum atomic E-state index is -3.63. The van der Waals surface area contributed by atoms with E-state index in [9.17, 15) is 8.42 Å². The van der Waals surface area contributed by atoms with Crippen LogP contribution in [0.3, 0.4) is 0 Å². The summed E-state index contributed by atoms with van der Waals surface area (Å²) in [6.45, 7) is 1.58. The van der Waals surface area contributed by atoms with E-state index in [4.69, 9.17) is 5.11 Å². The molecular weight excluding hydrogens is 308 g/mol. The molecule has 0 amide bonds. The van der Waals surface area contributed by atoms with E-state index in [1.54, 1.807) is 27.1 Å². The van der Waals surface area contributed by atoms with Crippen LogP contribution in [0.25, 0.3) is 0 Å². The van der Waals surface area contributed by atoms with Crippen molar-refractivity contribution in [1.29, 1.82) is 0 Å². The lowest BCUT2D eigenvalue weighted by molar-refractivity contribution is 0.281. The summed E-state index contributed by atoms with van der Waals surface area (Å²) in [6, 6.07) is 3.18. The summed E-state index contributed by atoms with van der Waals surface area (Å²) in [4.78, 5) is 2.47. The number of halogens is 1. The maximum Gasteiger partial charge on any atom is 0.254 e. The maximum absolute atomic E-state index is 12.0. The fraction of sp³-hybridized carbons (Fsp3) is 0.400. The Morgan fingerprint density at radius 1 is 1.41 bits per heavy atom. The van der Waals surface area contributed by atoms with Crippen LogP contribution in [-0.2, 0) is 16.6 Å². The van der Waals surface area contributed by atoms with Crippen molar-refractivity contribution in [3.05, 3.63) is 27.7 Å². The maximum atomic E-state index is 12.0. The number of hydrogen-bond acceptors (Lipinski definition) is 4. The third-order valence-corrected chi connectivity index (χ3v) is 4.88. The van der Waals surface area contributed by atoms with Crippen molar-refractivity contribution in [1.82, 2.24) is 9.84 Å². The number of aliphatic hydroxyl groups excluding tert-OH is 1. The molecule has 0 radical (unpaired) electrons. The Balaban J connectivity index is 3.35. The molecule has 0 spiro atoms. The average Bonchev–Trinajstić information content (AvgIpc) is 2.19. The van der Waals surface area contributed by atoms with E-state index in [2.05, 4.69) is 20.8 Å². The van der Waals surface area contributed by atoms with Gasteiger partial charge in [-0.05, 0) is 40.0 Å². The Morgan fingerprint density at radius 2 is 2.00 bits per heavy atom. The summed E-state index contributed by atoms with van der Waals surface area (Å²) in [6.07, 6.45) is 0. The molecule has 0 saturated carbocycles. The van der Waals surface area contributed by atoms with Crippen LogP contribution in [0, 0.1) is 6.92 Å². The zero-order chi connectivity index (χ0) is 13.2. The van der Waals surface area contributed by atoms with Crippen LogP contribution in [-0.4, -0.2) is 32.6 Å². The van der Waals surface area contributed by atoms with Crippen molar-refractivity contribution in [2.24, 2.45) is 0 Å². The molecule has 0 unspecified atom stereocenters. The monoisotopic (exact) mass is 322 g/mol. The van der Waals surface area contributed by atoms with Gasteiger partial charge in [0.1, 0.15) is 0 Å². The molecule has 5 nitrogen and oxygen atoms in total. The predicted octanol–water partition coefficient (Wildman–Crippen LogP) is 1.00. The molecular formula is C10H15BrN2O3S. The number of aliphatic hydroxyl groups is 1. The van der Waals surface area contributed by atoms with Gasteiger partial charge >= 0.3 is 0 Å². The second kappa shape index (κ2) is 5.45. The van der Waals surface area contributed by atoms with Gasteiger partial charge in [-0.2, -0.15) is 0 Å². The molecule has 0 aliphatic rings. The molecule has 0 fully saturated rings. The summed E-state index contributed by atoms with van der Waals surface area (Å²) < 4.78 is 24.5. The minimum absolute atomic E-state index is 0.121. The van der Waals surface area contributed by atoms with Gasteiger partial charge < -0.3 is 5.11 Å². The molecule has 7 heteroatoms. The Labute approximate surface area is 110 Å². The Morgan fingerprint density at radius 3 is 2.47 bits per heavy atom. The van der Waals surface area contributed by atoms with Crippen LogP contribution in [0.1, 0.15) is 11.1 Å². The fourth-order valence-corrected chi connectivity index (χ4v) is 3.54. The number of nitrogens with one attached hydrogen (secondary N) is 1. The van der Waals surface area contributed by atoms with Crippen LogP contribution in [0.2, 0.25) is 0 Å². The van der Waals surface area contributed by atoms with Crippen LogP contribution < -0.4 is 4.83 Å². The van der Waals surface area contributed by atoms with Crippen molar-refractivity contribution >= 4 is 26.0 Å². The second-order valence-electron chi connectivity index (χ2n) is 3.87. The third-order valence-electron chi connectivity index (χ3n) is 2.06. The van der Waals surface area contributed by atoms with Crippen molar-refractivity contribution in [2.45, 2.75) is 18.4 Å². The molecule has 0 saturated heterocycles. The van der Waals surface area contributed by atoms with Gasteiger partial charge in [0.25, 0.3) is 10.0 Å². The van der Waals surface area contributed by atoms with Crippen LogP contribution in [0.4, 0.5) is 0 Å². The lowest BCUT2D eigenvalue weighted by atomic mass is 10.1. The molecule has 0 aliphatic heterocycles. The number of sulfonamides is 1. The number of hydrazine groups is 1. The van der Waals surface area contributed by atoms with Gasteiger partial charge in [0.15, 0.2) is 0 Å². The van der Waals surface area contributed by atoms with Crippen molar-refractivity contribution < 1.29 is 13.5 Å². The van der Waals surface area contributed by atoms with Crippen LogP contribution in [0.15, 0.2) is 21.5 Å². The smallest absolute Gasteiger partial charge is 0.254 e. The molecule has 0 heterocycles. The first-order chi connectivity index (χ1) is 7.77. The molecule has 0 aromatic heterocycles. The fourth-order valence-electron chi connectivity index (χ4n) is 1.39. The van der Waals surface area contributed by atoms with E-state index in [0.717, 1.165) is 5.56 Å². The molecule has 2 N–H and O–H groups in total. The summed E-state index contributed by atoms with van der Waals surface area (Å²) in [5.74, 6) is 0. The molecule has 0 aliphatic carbocycles. The van der Waals surface area contributed by atoms with E-state index in [0.29, 0.717) is 10.0 Å². The van der Waals surface area contributed by atoms with Crippen molar-refractivity contribution in [3.63, 3.8) is 0 Å². The van der Waals surface area contributed by atoms with Gasteiger partial charge in [0.05, 0.1) is 11.5 Å². The normalized spacial score (nSPS) is 12.1. The van der Waals surface area contributed by atoms with E-state index >= 15 is 0 Å². The lowest BCUT2D eigenvalue weighted by Crippen LogP contribution is -2.36. The highest BCUT2D eigenvalue weighted by Gasteiger charge is 2.20. The van der Waals surface area contributed by atoms with Crippen molar-refractivity contribution in [3.8, 4) is 0 Å². The largest absolute Gasteiger partial charge is 0.392 e. The van der Waals surface area contributed by atoms with Crippen molar-refractivity contribution in [2.75, 3.05) is 14.1 Å². The van der Waals surface area contributed by atoms with E-state index in [1.807, 2.05) is 0 Å². The Bertz CT molecular complexity index is 515. The first-order valence-electron chi connectivity index (χ1n) is 4.87. The molecule has 17 heavy (non-hydrogen) atoms. The molecule has 1 rings (SSSR count). The summed E-state index contributed by atoms with van der Waals surface area (Å²) in [7, 11) is -0.444. The first-order valence-corrected chi connectivity index (χ1v) is 7.15. The first kappa shape index (κ1) is 14.6. The lowest BCUT2D eigenvalue weighted by Gasteiger charge is -2.15. The van der Waals surface area contributed by atoms with Gasteiger partial charge in [-0.1, -0.05) is 6.07 Å². The molecule has 0 bridgehead atoms. The van der Waals surface area contributed by atoms with E-state index in [-0.39, 0.29) is 11.5 Å². The van der Waals surface area contributed by atoms with Gasteiger partial charge in [-0.3, -0.25) is 0 Å². The highest BCUT2D eigenvalue weighted by molar-refractivity contribution is 9.10. The number of hydrogen-bond donors (Lipinski definition) is 2. The third kappa shape index (κ3) is 3.49. The number of rotatable bonds is 4. The minimum Gasteiger partial charge on any atom is -0.392 e. The number of nitrogens with zero attached hydrogens (tertiary/aromatic N) is 1. The number of aryl methyl sites for hydroxylation is 1. The van der Waals surface area contributed by atoms with Gasteiger partial charge in [-0.15, -0.1) is 4.83 Å². The zero-order valence-electron chi connectivity index (χ0n) is 9.86. The zero-order valence-corrected chi connectivity index (χ0v) is 12.3. The molecule has 96 valence electrons. The van der Waals surface area contributed by atoms with Gasteiger partial charge in [0.2, 0.25) is 0 Å². The highest BCUT2D eigenvalue weighted by Crippen LogP contribution is 2.27. The summed E-state index contributed by atoms with van der Waals surface area (Å²) in [5, 5.41) is 10.4. The van der Waals surface area contributed by atoms with E-state index < -0.39 is 10.0 Å². The SMILES string of the molecule is Cc1cc(CO)cc(S(=O)(=O)NN(C)C)c1Br. The summed E-state index contributed by atoms with van der Waals surface area (Å²) in [5.41, 5.74) is 1.32. The number of benzene rings is 1. The molecule has 1 aromatic carbocycles. The predicted molar refractivity (Wildman–Crippen MR) is 68.8 cm³/mol. The van der Waals surface area contributed by atoms with Gasteiger partial charge in [0, 0.05) is 18.6 Å². The Kier molecular flexibility index (Phi) is 4.68. The summed E-state index contributed by atoms with van der Waals surface area (Å²) >= 11 is 3.25. The molecule has 0 atom stereocenters. The highest BCUT2D eigenvalue weighted by atomic mass is 79.9. The average molecular weight is 323 g/mol. The Hall–Kier alpha value is -0.470. The van der Waals surface area contributed by atoms with Crippen LogP contribution in [0.5, 0.6) is 0 Å². The molecule has 1 aromatic rings. The standard InChI is InChI=1S/C10H15BrN2O3S/c1-7-4-8(6-14)5-9(10(7)11)17(15,16)12-13(2)3/h4-5,12,14H,6H2,1-3H3. The van der Waals surface area contributed by atoms with Crippen LogP contribution >= 0.6 is 15.9 Å². The van der Waals surface area contributed by atoms with Gasteiger partial charge in [-0.25, -0.2) is 13.4 Å². The quantitative estimate of drug-likeness (QED) is 0.811. The topological polar surface area (TPSA) is 69.6 Å². The van der Waals surface area contributed by atoms with E-state index in [1.165, 1.54) is 11.1 Å².